The summed E-state index contributed by atoms with van der Waals surface area (Å²) in [6.07, 6.45) is 0. The van der Waals surface area contributed by atoms with Crippen LogP contribution in [0.25, 0.3) is 0 Å². The summed E-state index contributed by atoms with van der Waals surface area (Å²) in [5, 5.41) is 8.63. The Kier molecular flexibility index (Phi) is 8.88. The van der Waals surface area contributed by atoms with Gasteiger partial charge < -0.3 is 18.9 Å². The zero-order valence-corrected chi connectivity index (χ0v) is 21.2. The zero-order valence-electron chi connectivity index (χ0n) is 21.2. The van der Waals surface area contributed by atoms with E-state index in [0.717, 1.165) is 22.5 Å². The molecule has 0 unspecified atom stereocenters. The van der Waals surface area contributed by atoms with Gasteiger partial charge in [0.25, 0.3) is 5.91 Å². The average Bonchev–Trinajstić information content (AvgIpc) is 2.93. The Bertz CT molecular complexity index is 1270. The lowest BCUT2D eigenvalue weighted by Gasteiger charge is -2.10. The van der Waals surface area contributed by atoms with Crippen molar-refractivity contribution < 1.29 is 23.7 Å². The Balaban J connectivity index is 1.63. The molecule has 0 aromatic heterocycles. The van der Waals surface area contributed by atoms with Crippen molar-refractivity contribution in [2.75, 3.05) is 33.9 Å². The quantitative estimate of drug-likeness (QED) is 0.315. The van der Waals surface area contributed by atoms with Gasteiger partial charge in [0, 0.05) is 16.7 Å². The third-order valence-corrected chi connectivity index (χ3v) is 5.43. The predicted octanol–water partition coefficient (Wildman–Crippen LogP) is 4.71. The van der Waals surface area contributed by atoms with Gasteiger partial charge in [-0.1, -0.05) is 0 Å². The monoisotopic (exact) mass is 490 g/mol. The molecular formula is C27H30N4O5. The van der Waals surface area contributed by atoms with Crippen LogP contribution in [0.2, 0.25) is 0 Å². The third-order valence-electron chi connectivity index (χ3n) is 5.43. The number of hydrogen-bond acceptors (Lipinski definition) is 8. The number of carbonyl (C=O) groups is 1. The van der Waals surface area contributed by atoms with Crippen molar-refractivity contribution in [3.63, 3.8) is 0 Å². The maximum atomic E-state index is 12.5. The predicted molar refractivity (Wildman–Crippen MR) is 141 cm³/mol. The van der Waals surface area contributed by atoms with E-state index in [1.165, 1.54) is 0 Å². The van der Waals surface area contributed by atoms with Gasteiger partial charge in [-0.05, 0) is 74.5 Å². The second-order valence-electron chi connectivity index (χ2n) is 7.66. The fourth-order valence-corrected chi connectivity index (χ4v) is 3.30. The fourth-order valence-electron chi connectivity index (χ4n) is 3.30. The van der Waals surface area contributed by atoms with E-state index in [4.69, 9.17) is 18.9 Å². The minimum atomic E-state index is -0.327. The molecule has 1 amide bonds. The fraction of sp³-hybridized carbons (Fsp3) is 0.222. The Morgan fingerprint density at radius 1 is 0.611 bits per heavy atom. The van der Waals surface area contributed by atoms with Crippen LogP contribution in [0.3, 0.4) is 0 Å². The van der Waals surface area contributed by atoms with Crippen LogP contribution >= 0.6 is 0 Å². The van der Waals surface area contributed by atoms with E-state index in [-0.39, 0.29) is 5.91 Å². The number of rotatable bonds is 10. The second-order valence-corrected chi connectivity index (χ2v) is 7.66. The largest absolute Gasteiger partial charge is 0.493 e. The Hall–Kier alpha value is -4.53. The van der Waals surface area contributed by atoms with E-state index >= 15 is 0 Å². The summed E-state index contributed by atoms with van der Waals surface area (Å²) < 4.78 is 21.2. The second kappa shape index (κ2) is 12.3. The molecule has 0 saturated carbocycles. The van der Waals surface area contributed by atoms with Gasteiger partial charge in [0.2, 0.25) is 0 Å². The maximum Gasteiger partial charge on any atom is 0.271 e. The summed E-state index contributed by atoms with van der Waals surface area (Å²) >= 11 is 0. The number of hydrogen-bond donors (Lipinski definition) is 2. The van der Waals surface area contributed by atoms with Gasteiger partial charge in [-0.3, -0.25) is 10.2 Å². The van der Waals surface area contributed by atoms with Crippen molar-refractivity contribution in [3.05, 3.63) is 77.4 Å². The average molecular weight is 491 g/mol. The number of carbonyl (C=O) groups excluding carboxylic acids is 1. The lowest BCUT2D eigenvalue weighted by Crippen LogP contribution is -2.19. The van der Waals surface area contributed by atoms with E-state index in [9.17, 15) is 4.79 Å². The van der Waals surface area contributed by atoms with Crippen LogP contribution in [0.15, 0.2) is 70.9 Å². The number of ether oxygens (including phenoxy) is 4. The molecule has 3 aromatic carbocycles. The third kappa shape index (κ3) is 6.32. The highest BCUT2D eigenvalue weighted by atomic mass is 16.5. The summed E-state index contributed by atoms with van der Waals surface area (Å²) in [5.74, 6) is 2.16. The van der Waals surface area contributed by atoms with Crippen LogP contribution in [-0.2, 0) is 0 Å². The molecule has 36 heavy (non-hydrogen) atoms. The number of methoxy groups -OCH3 is 4. The first-order chi connectivity index (χ1) is 17.4. The molecule has 0 bridgehead atoms. The first kappa shape index (κ1) is 26.1. The van der Waals surface area contributed by atoms with Crippen molar-refractivity contribution >= 4 is 23.0 Å². The Morgan fingerprint density at radius 2 is 1.06 bits per heavy atom. The number of nitrogens with one attached hydrogen (secondary N) is 2. The zero-order chi connectivity index (χ0) is 26.1. The summed E-state index contributed by atoms with van der Waals surface area (Å²) in [4.78, 5) is 12.5. The molecule has 0 aliphatic heterocycles. The number of nitrogens with zero attached hydrogens (tertiary/aromatic N) is 2. The summed E-state index contributed by atoms with van der Waals surface area (Å²) in [6.45, 7) is 3.68. The van der Waals surface area contributed by atoms with Crippen molar-refractivity contribution in [2.45, 2.75) is 13.8 Å². The number of hydrazone groups is 2. The highest BCUT2D eigenvalue weighted by Crippen LogP contribution is 2.28. The molecule has 3 aromatic rings. The van der Waals surface area contributed by atoms with Crippen molar-refractivity contribution in [2.24, 2.45) is 10.2 Å². The lowest BCUT2D eigenvalue weighted by atomic mass is 10.1. The van der Waals surface area contributed by atoms with E-state index in [0.29, 0.717) is 34.3 Å². The molecule has 9 heteroatoms. The minimum absolute atomic E-state index is 0.327. The van der Waals surface area contributed by atoms with Gasteiger partial charge in [-0.15, -0.1) is 0 Å². The minimum Gasteiger partial charge on any atom is -0.493 e. The molecule has 2 N–H and O–H groups in total. The molecule has 188 valence electrons. The standard InChI is InChI=1S/C27H30N4O5/c1-17(20-9-13-23(33-3)25(15-20)35-5)28-30-22-11-7-19(8-12-22)27(32)31-29-18(2)21-10-14-24(34-4)26(16-21)36-6/h7-16,30H,1-6H3,(H,31,32)/b28-17+,29-18+. The van der Waals surface area contributed by atoms with Crippen LogP contribution in [0.5, 0.6) is 23.0 Å². The molecule has 0 heterocycles. The molecule has 0 aliphatic rings. The number of amides is 1. The van der Waals surface area contributed by atoms with Gasteiger partial charge in [0.1, 0.15) is 0 Å². The van der Waals surface area contributed by atoms with Gasteiger partial charge in [-0.25, -0.2) is 5.43 Å². The molecule has 0 fully saturated rings. The first-order valence-electron chi connectivity index (χ1n) is 11.1. The Labute approximate surface area is 210 Å². The maximum absolute atomic E-state index is 12.5. The molecule has 3 rings (SSSR count). The molecular weight excluding hydrogens is 460 g/mol. The van der Waals surface area contributed by atoms with Crippen molar-refractivity contribution in [1.29, 1.82) is 0 Å². The van der Waals surface area contributed by atoms with Crippen LogP contribution in [0, 0.1) is 0 Å². The topological polar surface area (TPSA) is 103 Å². The molecule has 0 saturated heterocycles. The van der Waals surface area contributed by atoms with Gasteiger partial charge >= 0.3 is 0 Å². The van der Waals surface area contributed by atoms with Crippen LogP contribution in [-0.4, -0.2) is 45.8 Å². The summed E-state index contributed by atoms with van der Waals surface area (Å²) in [6, 6.07) is 18.0. The van der Waals surface area contributed by atoms with Gasteiger partial charge in [0.05, 0.1) is 45.5 Å². The SMILES string of the molecule is COc1ccc(/C(C)=N/NC(=O)c2ccc(N/N=C(\C)c3ccc(OC)c(OC)c3)cc2)cc1OC. The lowest BCUT2D eigenvalue weighted by molar-refractivity contribution is 0.0955. The highest BCUT2D eigenvalue weighted by molar-refractivity contribution is 6.01. The highest BCUT2D eigenvalue weighted by Gasteiger charge is 2.09. The normalized spacial score (nSPS) is 11.5. The van der Waals surface area contributed by atoms with Gasteiger partial charge in [-0.2, -0.15) is 10.2 Å². The molecule has 0 radical (unpaired) electrons. The van der Waals surface area contributed by atoms with E-state index in [1.807, 2.05) is 31.2 Å². The summed E-state index contributed by atoms with van der Waals surface area (Å²) in [7, 11) is 6.32. The molecule has 0 aliphatic carbocycles. The van der Waals surface area contributed by atoms with E-state index < -0.39 is 0 Å². The summed E-state index contributed by atoms with van der Waals surface area (Å²) in [5.41, 5.74) is 9.86. The first-order valence-corrected chi connectivity index (χ1v) is 11.1. The smallest absolute Gasteiger partial charge is 0.271 e. The van der Waals surface area contributed by atoms with Crippen molar-refractivity contribution in [3.8, 4) is 23.0 Å². The van der Waals surface area contributed by atoms with Crippen LogP contribution < -0.4 is 29.8 Å². The van der Waals surface area contributed by atoms with Gasteiger partial charge in [0.15, 0.2) is 23.0 Å². The molecule has 0 atom stereocenters. The van der Waals surface area contributed by atoms with Crippen LogP contribution in [0.1, 0.15) is 35.3 Å². The van der Waals surface area contributed by atoms with E-state index in [2.05, 4.69) is 21.1 Å². The van der Waals surface area contributed by atoms with E-state index in [1.54, 1.807) is 71.8 Å². The molecule has 0 spiro atoms. The number of anilines is 1. The van der Waals surface area contributed by atoms with Crippen LogP contribution in [0.4, 0.5) is 5.69 Å². The Morgan fingerprint density at radius 3 is 1.53 bits per heavy atom. The molecule has 9 nitrogen and oxygen atoms in total. The number of benzene rings is 3. The van der Waals surface area contributed by atoms with Crippen molar-refractivity contribution in [1.82, 2.24) is 5.43 Å².